The lowest BCUT2D eigenvalue weighted by atomic mass is 10.1. The summed E-state index contributed by atoms with van der Waals surface area (Å²) < 4.78 is 28.6. The highest BCUT2D eigenvalue weighted by Gasteiger charge is 2.10. The molecule has 2 aromatic rings. The Kier molecular flexibility index (Phi) is 9.81. The fourth-order valence-electron chi connectivity index (χ4n) is 2.99. The van der Waals surface area contributed by atoms with Crippen molar-refractivity contribution < 1.29 is 13.2 Å². The fraction of sp³-hybridized carbons (Fsp3) is 0.435. The van der Waals surface area contributed by atoms with Crippen LogP contribution in [0.4, 0.5) is 0 Å². The maximum atomic E-state index is 11.5. The summed E-state index contributed by atoms with van der Waals surface area (Å²) in [5, 5.41) is 6.55. The van der Waals surface area contributed by atoms with E-state index in [2.05, 4.69) is 58.8 Å². The second-order valence-corrected chi connectivity index (χ2v) is 9.57. The molecule has 0 bridgehead atoms. The molecular weight excluding hydrogens is 412 g/mol. The molecule has 0 saturated heterocycles. The van der Waals surface area contributed by atoms with Gasteiger partial charge in [-0.2, -0.15) is 0 Å². The molecule has 170 valence electrons. The first kappa shape index (κ1) is 24.7. The molecule has 7 nitrogen and oxygen atoms in total. The zero-order chi connectivity index (χ0) is 22.7. The van der Waals surface area contributed by atoms with E-state index < -0.39 is 9.84 Å². The Labute approximate surface area is 186 Å². The second kappa shape index (κ2) is 12.3. The summed E-state index contributed by atoms with van der Waals surface area (Å²) in [6.07, 6.45) is 2.18. The minimum absolute atomic E-state index is 0.284. The third kappa shape index (κ3) is 8.98. The van der Waals surface area contributed by atoms with E-state index >= 15 is 0 Å². The lowest BCUT2D eigenvalue weighted by Gasteiger charge is -2.25. The standard InChI is InChI=1S/C23H34N4O3S/c1-19(27(3)18-20-8-6-5-7-9-20)14-15-25-23(24-2)26-16-17-30-21-10-12-22(13-11-21)31(4,28)29/h5-13,19H,14-18H2,1-4H3,(H2,24,25,26). The highest BCUT2D eigenvalue weighted by molar-refractivity contribution is 7.90. The molecule has 1 unspecified atom stereocenters. The second-order valence-electron chi connectivity index (χ2n) is 7.56. The number of nitrogens with one attached hydrogen (secondary N) is 2. The van der Waals surface area contributed by atoms with Crippen molar-refractivity contribution in [3.63, 3.8) is 0 Å². The lowest BCUT2D eigenvalue weighted by Crippen LogP contribution is -2.41. The van der Waals surface area contributed by atoms with Crippen molar-refractivity contribution in [3.8, 4) is 5.75 Å². The molecule has 0 heterocycles. The molecular formula is C23H34N4O3S. The molecule has 0 aliphatic heterocycles. The van der Waals surface area contributed by atoms with Crippen LogP contribution >= 0.6 is 0 Å². The van der Waals surface area contributed by atoms with Gasteiger partial charge in [0.1, 0.15) is 12.4 Å². The number of hydrogen-bond acceptors (Lipinski definition) is 5. The van der Waals surface area contributed by atoms with E-state index in [-0.39, 0.29) is 4.90 Å². The summed E-state index contributed by atoms with van der Waals surface area (Å²) in [6, 6.07) is 17.3. The quantitative estimate of drug-likeness (QED) is 0.314. The van der Waals surface area contributed by atoms with Crippen molar-refractivity contribution in [1.29, 1.82) is 0 Å². The van der Waals surface area contributed by atoms with Gasteiger partial charge in [-0.3, -0.25) is 9.89 Å². The predicted octanol–water partition coefficient (Wildman–Crippen LogP) is 2.54. The number of benzene rings is 2. The Bertz CT molecular complexity index is 916. The zero-order valence-corrected chi connectivity index (χ0v) is 19.7. The van der Waals surface area contributed by atoms with Gasteiger partial charge in [-0.1, -0.05) is 30.3 Å². The van der Waals surface area contributed by atoms with E-state index in [1.165, 1.54) is 11.8 Å². The van der Waals surface area contributed by atoms with E-state index in [1.54, 1.807) is 31.3 Å². The van der Waals surface area contributed by atoms with Gasteiger partial charge < -0.3 is 15.4 Å². The van der Waals surface area contributed by atoms with Gasteiger partial charge in [-0.25, -0.2) is 8.42 Å². The largest absolute Gasteiger partial charge is 0.492 e. The van der Waals surface area contributed by atoms with Gasteiger partial charge >= 0.3 is 0 Å². The van der Waals surface area contributed by atoms with E-state index in [9.17, 15) is 8.42 Å². The number of rotatable bonds is 11. The van der Waals surface area contributed by atoms with Gasteiger partial charge in [0.05, 0.1) is 11.4 Å². The highest BCUT2D eigenvalue weighted by Crippen LogP contribution is 2.15. The first-order valence-electron chi connectivity index (χ1n) is 10.4. The third-order valence-corrected chi connectivity index (χ3v) is 6.15. The molecule has 31 heavy (non-hydrogen) atoms. The van der Waals surface area contributed by atoms with Crippen LogP contribution in [-0.2, 0) is 16.4 Å². The average Bonchev–Trinajstić information content (AvgIpc) is 2.75. The Morgan fingerprint density at radius 2 is 1.71 bits per heavy atom. The lowest BCUT2D eigenvalue weighted by molar-refractivity contribution is 0.238. The minimum Gasteiger partial charge on any atom is -0.492 e. The van der Waals surface area contributed by atoms with Crippen molar-refractivity contribution in [1.82, 2.24) is 15.5 Å². The molecule has 8 heteroatoms. The number of hydrogen-bond donors (Lipinski definition) is 2. The maximum absolute atomic E-state index is 11.5. The predicted molar refractivity (Wildman–Crippen MR) is 126 cm³/mol. The Balaban J connectivity index is 1.64. The van der Waals surface area contributed by atoms with Crippen molar-refractivity contribution in [2.75, 3.05) is 40.0 Å². The maximum Gasteiger partial charge on any atom is 0.191 e. The number of guanidine groups is 1. The molecule has 0 aromatic heterocycles. The molecule has 0 radical (unpaired) electrons. The topological polar surface area (TPSA) is 83.0 Å². The molecule has 2 rings (SSSR count). The van der Waals surface area contributed by atoms with E-state index in [0.29, 0.717) is 24.9 Å². The van der Waals surface area contributed by atoms with Crippen LogP contribution in [-0.4, -0.2) is 65.4 Å². The third-order valence-electron chi connectivity index (χ3n) is 5.02. The van der Waals surface area contributed by atoms with Gasteiger partial charge in [0.15, 0.2) is 15.8 Å². The summed E-state index contributed by atoms with van der Waals surface area (Å²) in [7, 11) is 0.694. The van der Waals surface area contributed by atoms with Crippen LogP contribution in [0.5, 0.6) is 5.75 Å². The molecule has 0 spiro atoms. The Hall–Kier alpha value is -2.58. The first-order chi connectivity index (χ1) is 14.8. The monoisotopic (exact) mass is 446 g/mol. The number of ether oxygens (including phenoxy) is 1. The number of sulfone groups is 1. The van der Waals surface area contributed by atoms with E-state index in [1.807, 2.05) is 6.07 Å². The van der Waals surface area contributed by atoms with Gasteiger partial charge in [0, 0.05) is 32.4 Å². The molecule has 0 aliphatic rings. The number of aliphatic imine (C=N–C) groups is 1. The Morgan fingerprint density at radius 3 is 2.32 bits per heavy atom. The summed E-state index contributed by atoms with van der Waals surface area (Å²) in [5.74, 6) is 1.36. The molecule has 0 amide bonds. The summed E-state index contributed by atoms with van der Waals surface area (Å²) >= 11 is 0. The van der Waals surface area contributed by atoms with Crippen molar-refractivity contribution in [3.05, 3.63) is 60.2 Å². The molecule has 0 saturated carbocycles. The van der Waals surface area contributed by atoms with Crippen molar-refractivity contribution >= 4 is 15.8 Å². The van der Waals surface area contributed by atoms with Gasteiger partial charge in [0.2, 0.25) is 0 Å². The minimum atomic E-state index is -3.19. The average molecular weight is 447 g/mol. The highest BCUT2D eigenvalue weighted by atomic mass is 32.2. The Morgan fingerprint density at radius 1 is 1.06 bits per heavy atom. The van der Waals surface area contributed by atoms with Crippen molar-refractivity contribution in [2.45, 2.75) is 30.8 Å². The fourth-order valence-corrected chi connectivity index (χ4v) is 3.62. The summed E-state index contributed by atoms with van der Waals surface area (Å²) in [6.45, 7) is 4.99. The van der Waals surface area contributed by atoms with Gasteiger partial charge in [0.25, 0.3) is 0 Å². The smallest absolute Gasteiger partial charge is 0.191 e. The van der Waals surface area contributed by atoms with Crippen LogP contribution in [0.1, 0.15) is 18.9 Å². The summed E-state index contributed by atoms with van der Waals surface area (Å²) in [4.78, 5) is 6.87. The SMILES string of the molecule is CN=C(NCCOc1ccc(S(C)(=O)=O)cc1)NCCC(C)N(C)Cc1ccccc1. The molecule has 1 atom stereocenters. The van der Waals surface area contributed by atoms with Crippen molar-refractivity contribution in [2.24, 2.45) is 4.99 Å². The zero-order valence-electron chi connectivity index (χ0n) is 18.8. The van der Waals surface area contributed by atoms with Crippen LogP contribution in [0, 0.1) is 0 Å². The molecule has 0 fully saturated rings. The van der Waals surface area contributed by atoms with Crippen LogP contribution < -0.4 is 15.4 Å². The van der Waals surface area contributed by atoms with Crippen LogP contribution in [0.15, 0.2) is 64.5 Å². The molecule has 0 aliphatic carbocycles. The van der Waals surface area contributed by atoms with Gasteiger partial charge in [-0.15, -0.1) is 0 Å². The summed E-state index contributed by atoms with van der Waals surface area (Å²) in [5.41, 5.74) is 1.31. The van der Waals surface area contributed by atoms with Crippen LogP contribution in [0.25, 0.3) is 0 Å². The molecule has 2 N–H and O–H groups in total. The van der Waals surface area contributed by atoms with E-state index in [0.717, 1.165) is 25.5 Å². The molecule has 2 aromatic carbocycles. The van der Waals surface area contributed by atoms with E-state index in [4.69, 9.17) is 4.74 Å². The van der Waals surface area contributed by atoms with Gasteiger partial charge in [-0.05, 0) is 50.2 Å². The normalized spacial score (nSPS) is 13.1. The van der Waals surface area contributed by atoms with Crippen LogP contribution in [0.2, 0.25) is 0 Å². The van der Waals surface area contributed by atoms with Crippen LogP contribution in [0.3, 0.4) is 0 Å². The first-order valence-corrected chi connectivity index (χ1v) is 12.3. The number of nitrogens with zero attached hydrogens (tertiary/aromatic N) is 2.